The lowest BCUT2D eigenvalue weighted by molar-refractivity contribution is -0.131. The molecule has 1 saturated carbocycles. The van der Waals surface area contributed by atoms with Crippen LogP contribution in [0.3, 0.4) is 0 Å². The van der Waals surface area contributed by atoms with E-state index in [-0.39, 0.29) is 109 Å². The fourth-order valence-electron chi connectivity index (χ4n) is 12.3. The summed E-state index contributed by atoms with van der Waals surface area (Å²) in [7, 11) is 1.47. The molecule has 0 aromatic heterocycles. The van der Waals surface area contributed by atoms with E-state index in [2.05, 4.69) is 18.5 Å². The van der Waals surface area contributed by atoms with E-state index in [9.17, 15) is 38.7 Å². The van der Waals surface area contributed by atoms with Gasteiger partial charge in [0.15, 0.2) is 23.5 Å². The number of nitrogens with one attached hydrogen (secondary N) is 1. The van der Waals surface area contributed by atoms with Crippen molar-refractivity contribution in [3.63, 3.8) is 0 Å². The van der Waals surface area contributed by atoms with Gasteiger partial charge in [-0.3, -0.25) is 29.0 Å². The van der Waals surface area contributed by atoms with Crippen LogP contribution < -0.4 is 29.3 Å². The molecule has 454 valence electrons. The van der Waals surface area contributed by atoms with Crippen LogP contribution in [0.2, 0.25) is 0 Å². The SMILES string of the molecule is C=CCOC(=O)N1C[C@@H]2CC(c3ccc(C)cc3)=CN2C(=O)c2cc(OC)c(OCCCOc3cc4c(cc3C)C(=O)N3CC5(CC5)C[C@H]3C(O)N4C(=O)OCc3ccc(CC(=O)[C@@H](NC(=O)[C@H]4CCCN4C(=O)OCC=C)[C@@H](C)CC)cc3)cc21. The molecule has 6 atom stereocenters. The number of aryl methyl sites for hydroxylation is 2. The van der Waals surface area contributed by atoms with Gasteiger partial charge in [0, 0.05) is 44.3 Å². The minimum atomic E-state index is -1.44. The van der Waals surface area contributed by atoms with Gasteiger partial charge in [0.2, 0.25) is 5.91 Å². The van der Waals surface area contributed by atoms with Crippen molar-refractivity contribution in [3.8, 4) is 17.2 Å². The van der Waals surface area contributed by atoms with Crippen molar-refractivity contribution < 1.29 is 67.1 Å². The molecule has 2 saturated heterocycles. The Labute approximate surface area is 501 Å². The highest BCUT2D eigenvalue weighted by atomic mass is 16.6. The average molecular weight is 1180 g/mol. The molecule has 0 radical (unpaired) electrons. The number of nitrogens with zero attached hydrogens (tertiary/aromatic N) is 5. The summed E-state index contributed by atoms with van der Waals surface area (Å²) < 4.78 is 35.1. The van der Waals surface area contributed by atoms with Crippen molar-refractivity contribution in [2.45, 2.75) is 122 Å². The van der Waals surface area contributed by atoms with Crippen LogP contribution in [-0.4, -0.2) is 145 Å². The largest absolute Gasteiger partial charge is 0.493 e. The molecular weight excluding hydrogens is 1100 g/mol. The number of Topliss-reactive ketones (excluding diaryl/α,β-unsaturated/α-hetero) is 1. The van der Waals surface area contributed by atoms with Crippen molar-refractivity contribution in [3.05, 3.63) is 143 Å². The second-order valence-electron chi connectivity index (χ2n) is 23.4. The lowest BCUT2D eigenvalue weighted by atomic mass is 9.91. The number of aliphatic hydroxyl groups excluding tert-OH is 1. The maximum atomic E-state index is 14.5. The van der Waals surface area contributed by atoms with Crippen LogP contribution in [0.4, 0.5) is 25.8 Å². The quantitative estimate of drug-likeness (QED) is 0.0451. The summed E-state index contributed by atoms with van der Waals surface area (Å²) in [5.74, 6) is -0.467. The first kappa shape index (κ1) is 60.5. The number of anilines is 2. The van der Waals surface area contributed by atoms with Crippen molar-refractivity contribution in [2.24, 2.45) is 11.3 Å². The van der Waals surface area contributed by atoms with Crippen LogP contribution in [0.5, 0.6) is 17.2 Å². The molecule has 4 aromatic carbocycles. The number of hydrogen-bond acceptors (Lipinski definition) is 14. The number of carbonyl (C=O) groups is 7. The zero-order valence-electron chi connectivity index (χ0n) is 49.5. The van der Waals surface area contributed by atoms with Gasteiger partial charge < -0.3 is 48.6 Å². The van der Waals surface area contributed by atoms with E-state index in [1.54, 1.807) is 65.3 Å². The number of carbonyl (C=O) groups excluding carboxylic acids is 7. The molecule has 3 fully saturated rings. The highest BCUT2D eigenvalue weighted by Gasteiger charge is 2.58. The molecule has 86 heavy (non-hydrogen) atoms. The number of likely N-dealkylation sites (tertiary alicyclic amines) is 1. The molecule has 5 heterocycles. The molecule has 6 amide bonds. The minimum Gasteiger partial charge on any atom is -0.493 e. The summed E-state index contributed by atoms with van der Waals surface area (Å²) in [4.78, 5) is 105. The van der Waals surface area contributed by atoms with Crippen LogP contribution in [0.15, 0.2) is 104 Å². The van der Waals surface area contributed by atoms with E-state index in [4.69, 9.17) is 28.4 Å². The van der Waals surface area contributed by atoms with Gasteiger partial charge >= 0.3 is 18.3 Å². The molecule has 1 aliphatic carbocycles. The molecule has 2 N–H and O–H groups in total. The Bertz CT molecular complexity index is 3320. The summed E-state index contributed by atoms with van der Waals surface area (Å²) in [6, 6.07) is 19.0. The lowest BCUT2D eigenvalue weighted by Crippen LogP contribution is -2.53. The zero-order chi connectivity index (χ0) is 61.0. The molecular formula is C66H76N6O14. The third-order valence-corrected chi connectivity index (χ3v) is 17.4. The van der Waals surface area contributed by atoms with Gasteiger partial charge in [0.1, 0.15) is 31.6 Å². The number of methoxy groups -OCH3 is 1. The number of fused-ring (bicyclic) bond motifs is 4. The van der Waals surface area contributed by atoms with E-state index in [1.807, 2.05) is 51.2 Å². The lowest BCUT2D eigenvalue weighted by Gasteiger charge is -2.31. The predicted molar refractivity (Wildman–Crippen MR) is 320 cm³/mol. The van der Waals surface area contributed by atoms with E-state index in [0.29, 0.717) is 79.7 Å². The van der Waals surface area contributed by atoms with Gasteiger partial charge in [-0.2, -0.15) is 0 Å². The second-order valence-corrected chi connectivity index (χ2v) is 23.4. The number of hydrogen-bond donors (Lipinski definition) is 2. The molecule has 10 rings (SSSR count). The molecule has 20 nitrogen and oxygen atoms in total. The van der Waals surface area contributed by atoms with Crippen LogP contribution in [-0.2, 0) is 36.8 Å². The number of ether oxygens (including phenoxy) is 6. The maximum absolute atomic E-state index is 14.5. The summed E-state index contributed by atoms with van der Waals surface area (Å²) in [5.41, 5.74) is 5.79. The maximum Gasteiger partial charge on any atom is 0.416 e. The van der Waals surface area contributed by atoms with Crippen LogP contribution in [0.25, 0.3) is 5.57 Å². The summed E-state index contributed by atoms with van der Waals surface area (Å²) in [5, 5.41) is 15.1. The summed E-state index contributed by atoms with van der Waals surface area (Å²) in [6.45, 7) is 16.0. The Hall–Kier alpha value is -8.65. The number of aliphatic hydroxyl groups is 1. The normalized spacial score (nSPS) is 20.5. The number of amides is 6. The predicted octanol–water partition coefficient (Wildman–Crippen LogP) is 9.46. The highest BCUT2D eigenvalue weighted by Crippen LogP contribution is 2.57. The monoisotopic (exact) mass is 1180 g/mol. The van der Waals surface area contributed by atoms with Crippen molar-refractivity contribution in [1.29, 1.82) is 0 Å². The Morgan fingerprint density at radius 1 is 0.814 bits per heavy atom. The Morgan fingerprint density at radius 2 is 1.49 bits per heavy atom. The Balaban J connectivity index is 0.806. The van der Waals surface area contributed by atoms with Gasteiger partial charge in [-0.1, -0.05) is 99.7 Å². The number of rotatable bonds is 21. The molecule has 0 bridgehead atoms. The molecule has 4 aromatic rings. The van der Waals surface area contributed by atoms with E-state index in [1.165, 1.54) is 29.1 Å². The second kappa shape index (κ2) is 25.9. The summed E-state index contributed by atoms with van der Waals surface area (Å²) >= 11 is 0. The Morgan fingerprint density at radius 3 is 2.17 bits per heavy atom. The smallest absolute Gasteiger partial charge is 0.416 e. The van der Waals surface area contributed by atoms with Crippen molar-refractivity contribution >= 4 is 58.7 Å². The van der Waals surface area contributed by atoms with Crippen LogP contribution in [0.1, 0.15) is 114 Å². The standard InChI is InChI=1S/C66H76N6O14/c1-8-25-84-63(78)68-24-11-13-50(68)59(74)67-58(41(5)10-3)54(73)30-43-16-18-44(19-17-43)38-86-65(80)72-52-34-55(42(6)29-48(52)61(76)71-39-66(22-23-66)35-53(71)62(72)77)82-27-12-28-83-57-33-51-49(32-56(57)81-7)60(75)69-36-46(45-20-14-40(4)15-21-45)31-47(69)37-70(51)64(79)85-26-9-2/h8-9,14-21,29,32-34,36,41,47,50,53,58,62,77H,1-2,10-13,22-28,30-31,35,37-39H2,3-7H3,(H,67,74)/t41-,47-,50+,53-,58-,62?/m0/s1. The van der Waals surface area contributed by atoms with Gasteiger partial charge in [0.05, 0.1) is 67.5 Å². The van der Waals surface area contributed by atoms with Crippen LogP contribution in [0, 0.1) is 25.2 Å². The fourth-order valence-corrected chi connectivity index (χ4v) is 12.3. The van der Waals surface area contributed by atoms with Gasteiger partial charge in [0.25, 0.3) is 11.8 Å². The average Bonchev–Trinajstić information content (AvgIpc) is 1.60. The highest BCUT2D eigenvalue weighted by molar-refractivity contribution is 6.08. The first-order valence-electron chi connectivity index (χ1n) is 29.6. The first-order valence-corrected chi connectivity index (χ1v) is 29.6. The van der Waals surface area contributed by atoms with Crippen molar-refractivity contribution in [1.82, 2.24) is 20.0 Å². The van der Waals surface area contributed by atoms with Crippen molar-refractivity contribution in [2.75, 3.05) is 63.0 Å². The Kier molecular flexibility index (Phi) is 18.2. The topological polar surface area (TPSA) is 223 Å². The molecule has 1 unspecified atom stereocenters. The third-order valence-electron chi connectivity index (χ3n) is 17.4. The van der Waals surface area contributed by atoms with E-state index >= 15 is 0 Å². The molecule has 20 heteroatoms. The molecule has 6 aliphatic rings. The third kappa shape index (κ3) is 12.7. The zero-order valence-corrected chi connectivity index (χ0v) is 49.5. The summed E-state index contributed by atoms with van der Waals surface area (Å²) in [6.07, 6.45) is 6.18. The number of ketones is 1. The number of benzene rings is 4. The van der Waals surface area contributed by atoms with E-state index in [0.717, 1.165) is 34.4 Å². The van der Waals surface area contributed by atoms with Gasteiger partial charge in [-0.15, -0.1) is 0 Å². The molecule has 1 spiro atoms. The fraction of sp³-hybridized carbons (Fsp3) is 0.439. The first-order chi connectivity index (χ1) is 41.4. The van der Waals surface area contributed by atoms with E-state index < -0.39 is 48.5 Å². The van der Waals surface area contributed by atoms with Crippen LogP contribution >= 0.6 is 0 Å². The minimum absolute atomic E-state index is 0.0163. The molecule has 5 aliphatic heterocycles. The van der Waals surface area contributed by atoms with Gasteiger partial charge in [-0.25, -0.2) is 19.3 Å². The van der Waals surface area contributed by atoms with Gasteiger partial charge in [-0.05, 0) is 104 Å².